The van der Waals surface area contributed by atoms with Crippen LogP contribution >= 0.6 is 15.9 Å². The van der Waals surface area contributed by atoms with Crippen molar-refractivity contribution in [1.29, 1.82) is 0 Å². The zero-order valence-electron chi connectivity index (χ0n) is 10.7. The van der Waals surface area contributed by atoms with E-state index in [2.05, 4.69) is 15.9 Å². The van der Waals surface area contributed by atoms with Crippen molar-refractivity contribution in [1.82, 2.24) is 0 Å². The molecule has 0 unspecified atom stereocenters. The van der Waals surface area contributed by atoms with Crippen LogP contribution in [0.15, 0.2) is 51.4 Å². The first-order valence-electron chi connectivity index (χ1n) is 6.08. The molecule has 100 valence electrons. The maximum Gasteiger partial charge on any atom is 0.336 e. The number of furan rings is 1. The van der Waals surface area contributed by atoms with E-state index >= 15 is 0 Å². The van der Waals surface area contributed by atoms with Crippen LogP contribution in [-0.4, -0.2) is 11.1 Å². The Kier molecular flexibility index (Phi) is 3.10. The van der Waals surface area contributed by atoms with Gasteiger partial charge in [0, 0.05) is 15.4 Å². The van der Waals surface area contributed by atoms with E-state index in [1.54, 1.807) is 18.2 Å². The molecule has 0 bridgehead atoms. The van der Waals surface area contributed by atoms with Crippen LogP contribution in [0.4, 0.5) is 0 Å². The Bertz CT molecular complexity index is 818. The van der Waals surface area contributed by atoms with Crippen molar-refractivity contribution < 1.29 is 14.3 Å². The van der Waals surface area contributed by atoms with Crippen molar-refractivity contribution >= 4 is 32.9 Å². The number of benzene rings is 2. The molecule has 0 aliphatic heterocycles. The number of carboxylic acids is 1. The molecule has 0 fully saturated rings. The van der Waals surface area contributed by atoms with E-state index in [0.29, 0.717) is 11.3 Å². The minimum Gasteiger partial charge on any atom is -0.478 e. The van der Waals surface area contributed by atoms with Gasteiger partial charge < -0.3 is 9.52 Å². The summed E-state index contributed by atoms with van der Waals surface area (Å²) in [7, 11) is 0. The van der Waals surface area contributed by atoms with E-state index in [9.17, 15) is 9.90 Å². The fourth-order valence-corrected chi connectivity index (χ4v) is 2.56. The summed E-state index contributed by atoms with van der Waals surface area (Å²) in [6, 6.07) is 12.9. The van der Waals surface area contributed by atoms with Gasteiger partial charge in [0.05, 0.1) is 5.56 Å². The molecule has 1 heterocycles. The average Bonchev–Trinajstić information content (AvgIpc) is 2.81. The fourth-order valence-electron chi connectivity index (χ4n) is 2.20. The van der Waals surface area contributed by atoms with Gasteiger partial charge in [0.25, 0.3) is 0 Å². The number of hydrogen-bond acceptors (Lipinski definition) is 2. The van der Waals surface area contributed by atoms with Gasteiger partial charge in [-0.2, -0.15) is 0 Å². The van der Waals surface area contributed by atoms with Gasteiger partial charge in [0.15, 0.2) is 0 Å². The van der Waals surface area contributed by atoms with E-state index in [4.69, 9.17) is 4.42 Å². The highest BCUT2D eigenvalue weighted by atomic mass is 79.9. The average molecular weight is 331 g/mol. The summed E-state index contributed by atoms with van der Waals surface area (Å²) in [6.07, 6.45) is 0. The van der Waals surface area contributed by atoms with Gasteiger partial charge in [0.2, 0.25) is 0 Å². The summed E-state index contributed by atoms with van der Waals surface area (Å²) in [5, 5.41) is 10.3. The van der Waals surface area contributed by atoms with Gasteiger partial charge in [-0.15, -0.1) is 0 Å². The van der Waals surface area contributed by atoms with E-state index in [0.717, 1.165) is 21.0 Å². The Morgan fingerprint density at radius 1 is 1.15 bits per heavy atom. The molecule has 0 radical (unpaired) electrons. The topological polar surface area (TPSA) is 50.4 Å². The first-order valence-corrected chi connectivity index (χ1v) is 6.87. The summed E-state index contributed by atoms with van der Waals surface area (Å²) in [4.78, 5) is 11.4. The highest BCUT2D eigenvalue weighted by Gasteiger charge is 2.15. The minimum atomic E-state index is -0.974. The Hall–Kier alpha value is -2.07. The van der Waals surface area contributed by atoms with Gasteiger partial charge in [-0.25, -0.2) is 4.79 Å². The van der Waals surface area contributed by atoms with Crippen LogP contribution in [0.1, 0.15) is 15.9 Å². The molecule has 0 amide bonds. The molecule has 1 aromatic heterocycles. The van der Waals surface area contributed by atoms with Crippen molar-refractivity contribution in [3.05, 3.63) is 58.1 Å². The molecule has 20 heavy (non-hydrogen) atoms. The number of carbonyl (C=O) groups is 1. The molecule has 0 saturated carbocycles. The third-order valence-corrected chi connectivity index (χ3v) is 3.64. The Morgan fingerprint density at radius 2 is 1.95 bits per heavy atom. The van der Waals surface area contributed by atoms with Crippen LogP contribution in [0.2, 0.25) is 0 Å². The van der Waals surface area contributed by atoms with Crippen molar-refractivity contribution in [2.45, 2.75) is 6.92 Å². The summed E-state index contributed by atoms with van der Waals surface area (Å²) < 4.78 is 6.49. The first-order chi connectivity index (χ1) is 9.54. The van der Waals surface area contributed by atoms with E-state index in [-0.39, 0.29) is 5.56 Å². The summed E-state index contributed by atoms with van der Waals surface area (Å²) in [5.41, 5.74) is 2.69. The molecular formula is C16H11BrO3. The molecule has 3 aromatic rings. The number of fused-ring (bicyclic) bond motifs is 1. The zero-order valence-corrected chi connectivity index (χ0v) is 12.3. The molecule has 1 N–H and O–H groups in total. The van der Waals surface area contributed by atoms with Crippen molar-refractivity contribution in [2.24, 2.45) is 0 Å². The lowest BCUT2D eigenvalue weighted by molar-refractivity contribution is 0.0697. The van der Waals surface area contributed by atoms with Crippen LogP contribution in [0.3, 0.4) is 0 Å². The molecule has 3 nitrogen and oxygen atoms in total. The molecule has 0 aliphatic rings. The third kappa shape index (κ3) is 2.23. The number of aryl methyl sites for hydroxylation is 1. The molecular weight excluding hydrogens is 320 g/mol. The third-order valence-electron chi connectivity index (χ3n) is 3.15. The predicted molar refractivity (Wildman–Crippen MR) is 81.0 cm³/mol. The lowest BCUT2D eigenvalue weighted by Gasteiger charge is -2.03. The van der Waals surface area contributed by atoms with Crippen LogP contribution < -0.4 is 0 Å². The summed E-state index contributed by atoms with van der Waals surface area (Å²) >= 11 is 3.29. The molecule has 0 aliphatic carbocycles. The Balaban J connectivity index is 2.22. The fraction of sp³-hybridized carbons (Fsp3) is 0.0625. The second-order valence-electron chi connectivity index (χ2n) is 4.65. The normalized spacial score (nSPS) is 10.9. The van der Waals surface area contributed by atoms with Crippen molar-refractivity contribution in [3.63, 3.8) is 0 Å². The van der Waals surface area contributed by atoms with Crippen LogP contribution in [0.25, 0.3) is 22.3 Å². The van der Waals surface area contributed by atoms with Crippen LogP contribution in [-0.2, 0) is 0 Å². The standard InChI is InChI=1S/C16H11BrO3/c1-9-2-5-14-10(6-9)7-15(20-14)12-4-3-11(17)8-13(12)16(18)19/h2-8H,1H3,(H,18,19). The summed E-state index contributed by atoms with van der Waals surface area (Å²) in [6.45, 7) is 2.01. The second-order valence-corrected chi connectivity index (χ2v) is 5.56. The van der Waals surface area contributed by atoms with E-state index in [1.165, 1.54) is 0 Å². The Labute approximate surface area is 124 Å². The van der Waals surface area contributed by atoms with Gasteiger partial charge >= 0.3 is 5.97 Å². The van der Waals surface area contributed by atoms with E-state index in [1.807, 2.05) is 31.2 Å². The molecule has 0 saturated heterocycles. The maximum absolute atomic E-state index is 11.4. The number of carboxylic acid groups (broad SMARTS) is 1. The molecule has 4 heteroatoms. The highest BCUT2D eigenvalue weighted by Crippen LogP contribution is 2.32. The van der Waals surface area contributed by atoms with Gasteiger partial charge in [-0.3, -0.25) is 0 Å². The van der Waals surface area contributed by atoms with Crippen molar-refractivity contribution in [3.8, 4) is 11.3 Å². The number of hydrogen-bond donors (Lipinski definition) is 1. The minimum absolute atomic E-state index is 0.218. The summed E-state index contributed by atoms with van der Waals surface area (Å²) in [5.74, 6) is -0.409. The molecule has 0 atom stereocenters. The van der Waals surface area contributed by atoms with Crippen LogP contribution in [0, 0.1) is 6.92 Å². The van der Waals surface area contributed by atoms with Crippen molar-refractivity contribution in [2.75, 3.05) is 0 Å². The second kappa shape index (κ2) is 4.80. The number of halogens is 1. The maximum atomic E-state index is 11.4. The largest absolute Gasteiger partial charge is 0.478 e. The lowest BCUT2D eigenvalue weighted by atomic mass is 10.1. The first kappa shape index (κ1) is 12.9. The number of aromatic carboxylic acids is 1. The van der Waals surface area contributed by atoms with Gasteiger partial charge in [0.1, 0.15) is 11.3 Å². The molecule has 0 spiro atoms. The van der Waals surface area contributed by atoms with Gasteiger partial charge in [-0.05, 0) is 43.3 Å². The SMILES string of the molecule is Cc1ccc2oc(-c3ccc(Br)cc3C(=O)O)cc2c1. The lowest BCUT2D eigenvalue weighted by Crippen LogP contribution is -1.98. The highest BCUT2D eigenvalue weighted by molar-refractivity contribution is 9.10. The molecule has 2 aromatic carbocycles. The smallest absolute Gasteiger partial charge is 0.336 e. The van der Waals surface area contributed by atoms with Crippen LogP contribution in [0.5, 0.6) is 0 Å². The number of rotatable bonds is 2. The predicted octanol–water partition coefficient (Wildman–Crippen LogP) is 4.87. The molecule has 3 rings (SSSR count). The monoisotopic (exact) mass is 330 g/mol. The van der Waals surface area contributed by atoms with E-state index < -0.39 is 5.97 Å². The Morgan fingerprint density at radius 3 is 2.70 bits per heavy atom. The zero-order chi connectivity index (χ0) is 14.3. The van der Waals surface area contributed by atoms with Gasteiger partial charge in [-0.1, -0.05) is 27.6 Å². The quantitative estimate of drug-likeness (QED) is 0.729.